The Morgan fingerprint density at radius 3 is 2.86 bits per heavy atom. The van der Waals surface area contributed by atoms with Crippen LogP contribution in [-0.4, -0.2) is 29.4 Å². The highest BCUT2D eigenvalue weighted by molar-refractivity contribution is 6.30. The fourth-order valence-electron chi connectivity index (χ4n) is 3.28. The predicted molar refractivity (Wildman–Crippen MR) is 92.1 cm³/mol. The number of nitrogens with one attached hydrogen (secondary N) is 1. The fraction of sp³-hybridized carbons (Fsp3) is 0.611. The van der Waals surface area contributed by atoms with E-state index < -0.39 is 0 Å². The van der Waals surface area contributed by atoms with E-state index in [1.807, 2.05) is 31.2 Å². The Hall–Kier alpha value is -1.06. The van der Waals surface area contributed by atoms with Gasteiger partial charge in [-0.25, -0.2) is 0 Å². The molecule has 3 atom stereocenters. The van der Waals surface area contributed by atoms with Gasteiger partial charge < -0.3 is 4.90 Å². The lowest BCUT2D eigenvalue weighted by Crippen LogP contribution is -2.51. The van der Waals surface area contributed by atoms with E-state index in [0.29, 0.717) is 6.04 Å². The van der Waals surface area contributed by atoms with Crippen LogP contribution in [0.25, 0.3) is 0 Å². The highest BCUT2D eigenvalue weighted by Crippen LogP contribution is 2.22. The number of piperidine rings is 1. The summed E-state index contributed by atoms with van der Waals surface area (Å²) in [7, 11) is 0. The number of carbonyl (C=O) groups is 1. The molecule has 3 nitrogen and oxygen atoms in total. The molecule has 1 saturated heterocycles. The topological polar surface area (TPSA) is 32.3 Å². The van der Waals surface area contributed by atoms with E-state index in [4.69, 9.17) is 11.6 Å². The first-order chi connectivity index (χ1) is 10.5. The van der Waals surface area contributed by atoms with Crippen molar-refractivity contribution in [3.63, 3.8) is 0 Å². The molecule has 122 valence electrons. The zero-order chi connectivity index (χ0) is 16.1. The normalized spacial score (nSPS) is 21.5. The molecule has 0 radical (unpaired) electrons. The number of amides is 1. The molecule has 1 N–H and O–H groups in total. The first-order valence-corrected chi connectivity index (χ1v) is 8.72. The maximum atomic E-state index is 12.7. The standard InChI is InChI=1S/C18H27ClN2O/c1-4-17-10-5-6-11-21(17)18(22)14(3)20-13(2)15-8-7-9-16(19)12-15/h7-9,12-14,17,20H,4-6,10-11H2,1-3H3. The van der Waals surface area contributed by atoms with Crippen LogP contribution in [0, 0.1) is 0 Å². The van der Waals surface area contributed by atoms with E-state index in [1.165, 1.54) is 6.42 Å². The van der Waals surface area contributed by atoms with Gasteiger partial charge in [0.05, 0.1) is 6.04 Å². The van der Waals surface area contributed by atoms with Gasteiger partial charge in [0.25, 0.3) is 0 Å². The summed E-state index contributed by atoms with van der Waals surface area (Å²) in [6.07, 6.45) is 4.54. The monoisotopic (exact) mass is 322 g/mol. The summed E-state index contributed by atoms with van der Waals surface area (Å²) in [5, 5.41) is 4.14. The van der Waals surface area contributed by atoms with Gasteiger partial charge in [0.15, 0.2) is 0 Å². The Kier molecular flexibility index (Phi) is 6.27. The third-order valence-corrected chi connectivity index (χ3v) is 4.84. The lowest BCUT2D eigenvalue weighted by atomic mass is 9.99. The van der Waals surface area contributed by atoms with Crippen LogP contribution in [0.3, 0.4) is 0 Å². The van der Waals surface area contributed by atoms with Crippen molar-refractivity contribution < 1.29 is 4.79 Å². The van der Waals surface area contributed by atoms with E-state index in [2.05, 4.69) is 24.1 Å². The summed E-state index contributed by atoms with van der Waals surface area (Å²) in [6.45, 7) is 7.10. The van der Waals surface area contributed by atoms with E-state index in [1.54, 1.807) is 0 Å². The summed E-state index contributed by atoms with van der Waals surface area (Å²) in [5.41, 5.74) is 1.11. The Balaban J connectivity index is 1.98. The van der Waals surface area contributed by atoms with Gasteiger partial charge in [-0.1, -0.05) is 30.7 Å². The molecule has 0 bridgehead atoms. The first-order valence-electron chi connectivity index (χ1n) is 8.35. The zero-order valence-electron chi connectivity index (χ0n) is 13.8. The van der Waals surface area contributed by atoms with E-state index in [-0.39, 0.29) is 18.0 Å². The second kappa shape index (κ2) is 7.98. The van der Waals surface area contributed by atoms with Crippen LogP contribution >= 0.6 is 11.6 Å². The Labute approximate surface area is 139 Å². The Morgan fingerprint density at radius 1 is 1.41 bits per heavy atom. The molecule has 22 heavy (non-hydrogen) atoms. The number of likely N-dealkylation sites (tertiary alicyclic amines) is 1. The number of hydrogen-bond donors (Lipinski definition) is 1. The first kappa shape index (κ1) is 17.3. The number of rotatable bonds is 5. The van der Waals surface area contributed by atoms with E-state index in [0.717, 1.165) is 36.4 Å². The number of benzene rings is 1. The molecule has 1 heterocycles. The average molecular weight is 323 g/mol. The molecule has 0 aliphatic carbocycles. The van der Waals surface area contributed by atoms with Gasteiger partial charge in [-0.15, -0.1) is 0 Å². The molecular formula is C18H27ClN2O. The maximum Gasteiger partial charge on any atom is 0.239 e. The van der Waals surface area contributed by atoms with Crippen molar-refractivity contribution in [1.29, 1.82) is 0 Å². The number of nitrogens with zero attached hydrogens (tertiary/aromatic N) is 1. The number of carbonyl (C=O) groups excluding carboxylic acids is 1. The second-order valence-electron chi connectivity index (χ2n) is 6.25. The molecule has 0 spiro atoms. The molecule has 1 aliphatic heterocycles. The molecule has 1 aromatic rings. The molecule has 3 unspecified atom stereocenters. The van der Waals surface area contributed by atoms with E-state index in [9.17, 15) is 4.79 Å². The summed E-state index contributed by atoms with van der Waals surface area (Å²) >= 11 is 6.04. The minimum Gasteiger partial charge on any atom is -0.338 e. The predicted octanol–water partition coefficient (Wildman–Crippen LogP) is 4.17. The SMILES string of the molecule is CCC1CCCCN1C(=O)C(C)NC(C)c1cccc(Cl)c1. The minimum absolute atomic E-state index is 0.0996. The molecule has 2 rings (SSSR count). The molecule has 1 fully saturated rings. The molecule has 0 saturated carbocycles. The molecule has 1 aromatic carbocycles. The number of hydrogen-bond acceptors (Lipinski definition) is 2. The lowest BCUT2D eigenvalue weighted by molar-refractivity contribution is -0.137. The molecule has 1 aliphatic rings. The fourth-order valence-corrected chi connectivity index (χ4v) is 3.48. The summed E-state index contributed by atoms with van der Waals surface area (Å²) < 4.78 is 0. The van der Waals surface area contributed by atoms with Gasteiger partial charge in [-0.3, -0.25) is 10.1 Å². The smallest absolute Gasteiger partial charge is 0.239 e. The van der Waals surface area contributed by atoms with Gasteiger partial charge in [0.1, 0.15) is 0 Å². The number of halogens is 1. The van der Waals surface area contributed by atoms with Crippen molar-refractivity contribution >= 4 is 17.5 Å². The van der Waals surface area contributed by atoms with Crippen LogP contribution in [-0.2, 0) is 4.79 Å². The van der Waals surface area contributed by atoms with Crippen LogP contribution < -0.4 is 5.32 Å². The molecular weight excluding hydrogens is 296 g/mol. The van der Waals surface area contributed by atoms with Crippen molar-refractivity contribution in [1.82, 2.24) is 10.2 Å². The largest absolute Gasteiger partial charge is 0.338 e. The molecule has 4 heteroatoms. The molecule has 1 amide bonds. The minimum atomic E-state index is -0.180. The van der Waals surface area contributed by atoms with Gasteiger partial charge in [-0.2, -0.15) is 0 Å². The Morgan fingerprint density at radius 2 is 2.18 bits per heavy atom. The third kappa shape index (κ3) is 4.23. The van der Waals surface area contributed by atoms with Crippen LogP contribution in [0.2, 0.25) is 5.02 Å². The van der Waals surface area contributed by atoms with Crippen molar-refractivity contribution in [3.8, 4) is 0 Å². The molecule has 0 aromatic heterocycles. The van der Waals surface area contributed by atoms with Gasteiger partial charge in [0.2, 0.25) is 5.91 Å². The summed E-state index contributed by atoms with van der Waals surface area (Å²) in [6, 6.07) is 8.13. The highest BCUT2D eigenvalue weighted by atomic mass is 35.5. The van der Waals surface area contributed by atoms with Gasteiger partial charge >= 0.3 is 0 Å². The third-order valence-electron chi connectivity index (χ3n) is 4.60. The summed E-state index contributed by atoms with van der Waals surface area (Å²) in [5.74, 6) is 0.223. The average Bonchev–Trinajstić information content (AvgIpc) is 2.54. The van der Waals surface area contributed by atoms with E-state index >= 15 is 0 Å². The van der Waals surface area contributed by atoms with Crippen LogP contribution in [0.1, 0.15) is 58.1 Å². The van der Waals surface area contributed by atoms with Crippen LogP contribution in [0.5, 0.6) is 0 Å². The van der Waals surface area contributed by atoms with Crippen LogP contribution in [0.15, 0.2) is 24.3 Å². The summed E-state index contributed by atoms with van der Waals surface area (Å²) in [4.78, 5) is 14.8. The van der Waals surface area contributed by atoms with Crippen molar-refractivity contribution in [2.45, 2.75) is 64.6 Å². The van der Waals surface area contributed by atoms with Gasteiger partial charge in [0, 0.05) is 23.7 Å². The highest BCUT2D eigenvalue weighted by Gasteiger charge is 2.29. The van der Waals surface area contributed by atoms with Gasteiger partial charge in [-0.05, 0) is 57.2 Å². The Bertz CT molecular complexity index is 506. The zero-order valence-corrected chi connectivity index (χ0v) is 14.6. The second-order valence-corrected chi connectivity index (χ2v) is 6.69. The van der Waals surface area contributed by atoms with Crippen molar-refractivity contribution in [2.24, 2.45) is 0 Å². The van der Waals surface area contributed by atoms with Crippen LogP contribution in [0.4, 0.5) is 0 Å². The maximum absolute atomic E-state index is 12.7. The lowest BCUT2D eigenvalue weighted by Gasteiger charge is -2.37. The van der Waals surface area contributed by atoms with Crippen molar-refractivity contribution in [2.75, 3.05) is 6.54 Å². The van der Waals surface area contributed by atoms with Crippen molar-refractivity contribution in [3.05, 3.63) is 34.9 Å². The quantitative estimate of drug-likeness (QED) is 0.882.